The second-order valence-corrected chi connectivity index (χ2v) is 9.59. The lowest BCUT2D eigenvalue weighted by molar-refractivity contribution is -0.384. The molecule has 1 aliphatic rings. The standard InChI is InChI=1S/C28H23N3O5S/c1-18-16-21(19(2)30(18)22-10-12-23(13-11-22)31(34)35)17-26-27(32)29(28(33)37-26)14-15-36-25-9-5-7-20-6-3-4-8-24(20)25/h3-13,16-17H,14-15H2,1-2H3/b26-17-. The first-order valence-corrected chi connectivity index (χ1v) is 12.4. The summed E-state index contributed by atoms with van der Waals surface area (Å²) in [5.41, 5.74) is 3.36. The number of rotatable bonds is 7. The van der Waals surface area contributed by atoms with Crippen LogP contribution in [0.3, 0.4) is 0 Å². The molecule has 4 aromatic rings. The Balaban J connectivity index is 1.31. The number of hydrogen-bond donors (Lipinski definition) is 0. The molecule has 9 heteroatoms. The highest BCUT2D eigenvalue weighted by atomic mass is 32.2. The molecule has 0 bridgehead atoms. The first-order valence-electron chi connectivity index (χ1n) is 11.6. The number of amides is 2. The number of non-ortho nitro benzene ring substituents is 1. The molecule has 1 fully saturated rings. The third-order valence-corrected chi connectivity index (χ3v) is 7.18. The molecule has 186 valence electrons. The molecule has 8 nitrogen and oxygen atoms in total. The number of benzene rings is 3. The first kappa shape index (κ1) is 24.3. The molecule has 0 unspecified atom stereocenters. The number of imide groups is 1. The van der Waals surface area contributed by atoms with Gasteiger partial charge in [-0.25, -0.2) is 0 Å². The summed E-state index contributed by atoms with van der Waals surface area (Å²) < 4.78 is 7.88. The van der Waals surface area contributed by atoms with Crippen LogP contribution in [0.25, 0.3) is 22.5 Å². The van der Waals surface area contributed by atoms with E-state index in [0.717, 1.165) is 45.2 Å². The molecule has 1 saturated heterocycles. The monoisotopic (exact) mass is 513 g/mol. The summed E-state index contributed by atoms with van der Waals surface area (Å²) >= 11 is 0.909. The van der Waals surface area contributed by atoms with Crippen molar-refractivity contribution in [2.24, 2.45) is 0 Å². The predicted octanol–water partition coefficient (Wildman–Crippen LogP) is 6.27. The Labute approximate surface area is 217 Å². The molecular weight excluding hydrogens is 490 g/mol. The van der Waals surface area contributed by atoms with E-state index in [1.807, 2.05) is 66.9 Å². The minimum atomic E-state index is -0.437. The number of fused-ring (bicyclic) bond motifs is 1. The van der Waals surface area contributed by atoms with Crippen molar-refractivity contribution in [1.82, 2.24) is 9.47 Å². The number of carbonyl (C=O) groups excluding carboxylic acids is 2. The van der Waals surface area contributed by atoms with E-state index in [4.69, 9.17) is 4.74 Å². The van der Waals surface area contributed by atoms with E-state index in [1.54, 1.807) is 18.2 Å². The lowest BCUT2D eigenvalue weighted by atomic mass is 10.1. The van der Waals surface area contributed by atoms with Crippen LogP contribution >= 0.6 is 11.8 Å². The molecule has 0 aliphatic carbocycles. The van der Waals surface area contributed by atoms with Crippen molar-refractivity contribution in [3.63, 3.8) is 0 Å². The molecule has 0 spiro atoms. The number of nitro benzene ring substituents is 1. The van der Waals surface area contributed by atoms with Gasteiger partial charge in [-0.2, -0.15) is 0 Å². The molecule has 0 N–H and O–H groups in total. The Bertz CT molecular complexity index is 1570. The number of ether oxygens (including phenoxy) is 1. The third kappa shape index (κ3) is 4.73. The molecule has 0 radical (unpaired) electrons. The van der Waals surface area contributed by atoms with Crippen molar-refractivity contribution in [3.8, 4) is 11.4 Å². The second kappa shape index (κ2) is 9.94. The topological polar surface area (TPSA) is 94.7 Å². The van der Waals surface area contributed by atoms with Crippen LogP contribution in [0, 0.1) is 24.0 Å². The number of carbonyl (C=O) groups is 2. The fourth-order valence-corrected chi connectivity index (χ4v) is 5.31. The van der Waals surface area contributed by atoms with E-state index in [-0.39, 0.29) is 30.0 Å². The van der Waals surface area contributed by atoms with E-state index in [1.165, 1.54) is 17.0 Å². The lowest BCUT2D eigenvalue weighted by Crippen LogP contribution is -2.32. The Morgan fingerprint density at radius 1 is 1.00 bits per heavy atom. The van der Waals surface area contributed by atoms with Gasteiger partial charge in [-0.05, 0) is 66.9 Å². The smallest absolute Gasteiger partial charge is 0.293 e. The summed E-state index contributed by atoms with van der Waals surface area (Å²) in [6.07, 6.45) is 1.72. The summed E-state index contributed by atoms with van der Waals surface area (Å²) in [7, 11) is 0. The molecule has 3 aromatic carbocycles. The van der Waals surface area contributed by atoms with Crippen LogP contribution in [0.15, 0.2) is 77.7 Å². The SMILES string of the molecule is Cc1cc(/C=C2\SC(=O)N(CCOc3cccc4ccccc34)C2=O)c(C)n1-c1ccc([N+](=O)[O-])cc1. The molecule has 1 aromatic heterocycles. The van der Waals surface area contributed by atoms with Crippen LogP contribution in [0.5, 0.6) is 5.75 Å². The zero-order chi connectivity index (χ0) is 26.1. The van der Waals surface area contributed by atoms with Crippen molar-refractivity contribution in [2.45, 2.75) is 13.8 Å². The Kier molecular flexibility index (Phi) is 6.54. The maximum absolute atomic E-state index is 13.0. The van der Waals surface area contributed by atoms with Crippen LogP contribution in [-0.2, 0) is 4.79 Å². The maximum atomic E-state index is 13.0. The van der Waals surface area contributed by atoms with Gasteiger partial charge in [-0.1, -0.05) is 36.4 Å². The van der Waals surface area contributed by atoms with E-state index >= 15 is 0 Å². The van der Waals surface area contributed by atoms with Crippen molar-refractivity contribution in [3.05, 3.63) is 105 Å². The molecule has 1 aliphatic heterocycles. The van der Waals surface area contributed by atoms with Crippen molar-refractivity contribution >= 4 is 45.4 Å². The number of thioether (sulfide) groups is 1. The average Bonchev–Trinajstić information content (AvgIpc) is 3.32. The van der Waals surface area contributed by atoms with E-state index in [9.17, 15) is 19.7 Å². The third-order valence-electron chi connectivity index (χ3n) is 6.27. The van der Waals surface area contributed by atoms with Crippen LogP contribution in [-0.4, -0.2) is 38.7 Å². The van der Waals surface area contributed by atoms with Gasteiger partial charge in [0.15, 0.2) is 0 Å². The number of aryl methyl sites for hydroxylation is 1. The first-order chi connectivity index (χ1) is 17.8. The van der Waals surface area contributed by atoms with E-state index < -0.39 is 4.92 Å². The minimum absolute atomic E-state index is 0.0181. The number of nitrogens with zero attached hydrogens (tertiary/aromatic N) is 3. The highest BCUT2D eigenvalue weighted by Gasteiger charge is 2.35. The normalized spacial score (nSPS) is 14.6. The predicted molar refractivity (Wildman–Crippen MR) is 144 cm³/mol. The Morgan fingerprint density at radius 2 is 1.73 bits per heavy atom. The van der Waals surface area contributed by atoms with Crippen molar-refractivity contribution < 1.29 is 19.2 Å². The highest BCUT2D eigenvalue weighted by molar-refractivity contribution is 8.18. The number of aromatic nitrogens is 1. The molecule has 37 heavy (non-hydrogen) atoms. The average molecular weight is 514 g/mol. The van der Waals surface area contributed by atoms with Gasteiger partial charge in [0.1, 0.15) is 12.4 Å². The zero-order valence-electron chi connectivity index (χ0n) is 20.2. The maximum Gasteiger partial charge on any atom is 0.293 e. The van der Waals surface area contributed by atoms with Gasteiger partial charge in [0.2, 0.25) is 0 Å². The van der Waals surface area contributed by atoms with Gasteiger partial charge in [0.25, 0.3) is 16.8 Å². The number of nitro groups is 1. The van der Waals surface area contributed by atoms with Gasteiger partial charge >= 0.3 is 0 Å². The van der Waals surface area contributed by atoms with Gasteiger partial charge in [-0.3, -0.25) is 24.6 Å². The van der Waals surface area contributed by atoms with Crippen molar-refractivity contribution in [2.75, 3.05) is 13.2 Å². The van der Waals surface area contributed by atoms with Crippen LogP contribution in [0.4, 0.5) is 10.5 Å². The fraction of sp³-hybridized carbons (Fsp3) is 0.143. The molecule has 2 amide bonds. The van der Waals surface area contributed by atoms with Crippen LogP contribution < -0.4 is 4.74 Å². The summed E-state index contributed by atoms with van der Waals surface area (Å²) in [6, 6.07) is 21.9. The van der Waals surface area contributed by atoms with E-state index in [0.29, 0.717) is 10.7 Å². The molecule has 0 atom stereocenters. The highest BCUT2D eigenvalue weighted by Crippen LogP contribution is 2.34. The Hall–Kier alpha value is -4.37. The van der Waals surface area contributed by atoms with Crippen molar-refractivity contribution in [1.29, 1.82) is 0 Å². The largest absolute Gasteiger partial charge is 0.491 e. The fourth-order valence-electron chi connectivity index (χ4n) is 4.46. The van der Waals surface area contributed by atoms with Gasteiger partial charge < -0.3 is 9.30 Å². The molecule has 0 saturated carbocycles. The van der Waals surface area contributed by atoms with E-state index in [2.05, 4.69) is 0 Å². The van der Waals surface area contributed by atoms with Crippen LogP contribution in [0.1, 0.15) is 17.0 Å². The summed E-state index contributed by atoms with van der Waals surface area (Å²) in [6.45, 7) is 4.16. The Morgan fingerprint density at radius 3 is 2.49 bits per heavy atom. The lowest BCUT2D eigenvalue weighted by Gasteiger charge is -2.14. The quantitative estimate of drug-likeness (QED) is 0.164. The van der Waals surface area contributed by atoms with Gasteiger partial charge in [-0.15, -0.1) is 0 Å². The van der Waals surface area contributed by atoms with Gasteiger partial charge in [0, 0.05) is 34.6 Å². The molecule has 5 rings (SSSR count). The van der Waals surface area contributed by atoms with Gasteiger partial charge in [0.05, 0.1) is 16.4 Å². The summed E-state index contributed by atoms with van der Waals surface area (Å²) in [4.78, 5) is 37.7. The van der Waals surface area contributed by atoms with Crippen LogP contribution in [0.2, 0.25) is 0 Å². The second-order valence-electron chi connectivity index (χ2n) is 8.59. The number of hydrogen-bond acceptors (Lipinski definition) is 6. The summed E-state index contributed by atoms with van der Waals surface area (Å²) in [5.74, 6) is 0.357. The zero-order valence-corrected chi connectivity index (χ0v) is 21.0. The summed E-state index contributed by atoms with van der Waals surface area (Å²) in [5, 5.41) is 12.7. The molecular formula is C28H23N3O5S. The minimum Gasteiger partial charge on any atom is -0.491 e. The molecule has 2 heterocycles.